The van der Waals surface area contributed by atoms with Crippen molar-refractivity contribution in [3.63, 3.8) is 0 Å². The smallest absolute Gasteiger partial charge is 0.251 e. The van der Waals surface area contributed by atoms with Crippen molar-refractivity contribution in [1.29, 1.82) is 0 Å². The van der Waals surface area contributed by atoms with Crippen LogP contribution in [0.15, 0.2) is 78.9 Å². The van der Waals surface area contributed by atoms with Crippen LogP contribution < -0.4 is 11.1 Å². The predicted octanol–water partition coefficient (Wildman–Crippen LogP) is 4.44. The van der Waals surface area contributed by atoms with Gasteiger partial charge in [0.15, 0.2) is 0 Å². The molecule has 1 heterocycles. The molecule has 0 fully saturated rings. The fourth-order valence-corrected chi connectivity index (χ4v) is 3.42. The van der Waals surface area contributed by atoms with E-state index in [4.69, 9.17) is 5.73 Å². The Bertz CT molecular complexity index is 1050. The van der Waals surface area contributed by atoms with E-state index in [1.54, 1.807) is 0 Å². The number of hydrogen-bond donors (Lipinski definition) is 3. The first kappa shape index (κ1) is 18.9. The van der Waals surface area contributed by atoms with Crippen LogP contribution in [0.5, 0.6) is 0 Å². The number of hydrogen-bond acceptors (Lipinski definition) is 3. The van der Waals surface area contributed by atoms with Gasteiger partial charge in [-0.15, -0.1) is 0 Å². The molecule has 0 spiro atoms. The lowest BCUT2D eigenvalue weighted by atomic mass is 10.0. The van der Waals surface area contributed by atoms with Gasteiger partial charge in [0.05, 0.1) is 17.1 Å². The molecule has 0 radical (unpaired) electrons. The molecular formula is C24H24N4O. The number of nitrogens with two attached hydrogens (primary N) is 1. The first-order valence-electron chi connectivity index (χ1n) is 9.85. The summed E-state index contributed by atoms with van der Waals surface area (Å²) in [6.45, 7) is 0.568. The monoisotopic (exact) mass is 384 g/mol. The molecule has 4 aromatic rings. The van der Waals surface area contributed by atoms with Crippen molar-refractivity contribution in [3.8, 4) is 11.1 Å². The molecule has 0 saturated heterocycles. The predicted molar refractivity (Wildman–Crippen MR) is 116 cm³/mol. The number of para-hydroxylation sites is 2. The number of carbonyl (C=O) groups excluding carboxylic acids is 1. The van der Waals surface area contributed by atoms with E-state index < -0.39 is 0 Å². The molecule has 1 unspecified atom stereocenters. The molecular weight excluding hydrogens is 360 g/mol. The van der Waals surface area contributed by atoms with Crippen molar-refractivity contribution in [2.45, 2.75) is 18.9 Å². The van der Waals surface area contributed by atoms with Crippen LogP contribution in [-0.4, -0.2) is 22.4 Å². The summed E-state index contributed by atoms with van der Waals surface area (Å²) in [5.74, 6) is 0.640. The van der Waals surface area contributed by atoms with Crippen molar-refractivity contribution in [3.05, 3.63) is 90.3 Å². The molecule has 146 valence electrons. The van der Waals surface area contributed by atoms with Crippen LogP contribution in [0, 0.1) is 0 Å². The summed E-state index contributed by atoms with van der Waals surface area (Å²) in [6, 6.07) is 25.4. The molecule has 5 heteroatoms. The van der Waals surface area contributed by atoms with E-state index in [9.17, 15) is 4.79 Å². The maximum atomic E-state index is 12.9. The lowest BCUT2D eigenvalue weighted by Gasteiger charge is -2.16. The fraction of sp³-hybridized carbons (Fsp3) is 0.167. The molecule has 0 bridgehead atoms. The molecule has 0 aliphatic heterocycles. The molecule has 0 aliphatic carbocycles. The summed E-state index contributed by atoms with van der Waals surface area (Å²) in [5.41, 5.74) is 10.4. The number of imidazole rings is 1. The number of aromatic nitrogens is 2. The van der Waals surface area contributed by atoms with Crippen LogP contribution in [0.2, 0.25) is 0 Å². The maximum Gasteiger partial charge on any atom is 0.251 e. The van der Waals surface area contributed by atoms with E-state index in [0.29, 0.717) is 12.1 Å². The third-order valence-electron chi connectivity index (χ3n) is 4.99. The molecule has 3 aromatic carbocycles. The zero-order valence-electron chi connectivity index (χ0n) is 16.1. The summed E-state index contributed by atoms with van der Waals surface area (Å²) < 4.78 is 0. The van der Waals surface area contributed by atoms with Crippen LogP contribution in [0.3, 0.4) is 0 Å². The first-order chi connectivity index (χ1) is 14.2. The average Bonchev–Trinajstić information content (AvgIpc) is 3.21. The van der Waals surface area contributed by atoms with E-state index in [1.165, 1.54) is 0 Å². The number of aromatic amines is 1. The highest BCUT2D eigenvalue weighted by Gasteiger charge is 2.19. The van der Waals surface area contributed by atoms with Gasteiger partial charge in [0.25, 0.3) is 5.91 Å². The Morgan fingerprint density at radius 3 is 2.34 bits per heavy atom. The Morgan fingerprint density at radius 1 is 0.931 bits per heavy atom. The molecule has 4 rings (SSSR count). The van der Waals surface area contributed by atoms with Gasteiger partial charge in [-0.2, -0.15) is 0 Å². The topological polar surface area (TPSA) is 83.8 Å². The molecule has 1 aromatic heterocycles. The largest absolute Gasteiger partial charge is 0.342 e. The summed E-state index contributed by atoms with van der Waals surface area (Å²) in [7, 11) is 0. The number of nitrogens with one attached hydrogen (secondary N) is 2. The Labute approximate surface area is 170 Å². The normalized spacial score (nSPS) is 12.0. The van der Waals surface area contributed by atoms with Crippen molar-refractivity contribution in [1.82, 2.24) is 15.3 Å². The van der Waals surface area contributed by atoms with Gasteiger partial charge in [0.2, 0.25) is 0 Å². The highest BCUT2D eigenvalue weighted by Crippen LogP contribution is 2.22. The van der Waals surface area contributed by atoms with Crippen LogP contribution in [0.25, 0.3) is 22.2 Å². The molecule has 0 aliphatic rings. The number of carbonyl (C=O) groups is 1. The van der Waals surface area contributed by atoms with Gasteiger partial charge < -0.3 is 16.0 Å². The second kappa shape index (κ2) is 8.71. The Balaban J connectivity index is 1.53. The Kier molecular flexibility index (Phi) is 5.68. The van der Waals surface area contributed by atoms with Gasteiger partial charge in [0, 0.05) is 5.56 Å². The zero-order chi connectivity index (χ0) is 20.1. The molecule has 0 saturated carbocycles. The van der Waals surface area contributed by atoms with E-state index in [1.807, 2.05) is 66.7 Å². The van der Waals surface area contributed by atoms with Crippen LogP contribution in [0.4, 0.5) is 0 Å². The fourth-order valence-electron chi connectivity index (χ4n) is 3.42. The molecule has 1 amide bonds. The minimum atomic E-state index is -0.216. The molecule has 29 heavy (non-hydrogen) atoms. The van der Waals surface area contributed by atoms with Crippen LogP contribution >= 0.6 is 0 Å². The van der Waals surface area contributed by atoms with E-state index in [-0.39, 0.29) is 11.9 Å². The molecule has 5 nitrogen and oxygen atoms in total. The lowest BCUT2D eigenvalue weighted by molar-refractivity contribution is 0.0932. The summed E-state index contributed by atoms with van der Waals surface area (Å²) in [4.78, 5) is 20.9. The van der Waals surface area contributed by atoms with Gasteiger partial charge in [-0.3, -0.25) is 4.79 Å². The minimum Gasteiger partial charge on any atom is -0.342 e. The molecule has 4 N–H and O–H groups in total. The summed E-state index contributed by atoms with van der Waals surface area (Å²) in [6.07, 6.45) is 1.53. The van der Waals surface area contributed by atoms with Crippen molar-refractivity contribution >= 4 is 16.9 Å². The molecule has 1 atom stereocenters. The number of fused-ring (bicyclic) bond motifs is 1. The van der Waals surface area contributed by atoms with Gasteiger partial charge in [-0.25, -0.2) is 4.98 Å². The maximum absolute atomic E-state index is 12.9. The zero-order valence-corrected chi connectivity index (χ0v) is 16.1. The standard InChI is InChI=1S/C24H24N4O/c25-16-6-11-22(23-26-20-9-4-5-10-21(20)27-23)28-24(29)19-14-12-18(13-15-19)17-7-2-1-3-8-17/h1-5,7-10,12-15,22H,6,11,16,25H2,(H,26,27)(H,28,29). The van der Waals surface area contributed by atoms with E-state index in [2.05, 4.69) is 27.4 Å². The van der Waals surface area contributed by atoms with Crippen LogP contribution in [0.1, 0.15) is 35.1 Å². The third-order valence-corrected chi connectivity index (χ3v) is 4.99. The number of H-pyrrole nitrogens is 1. The number of nitrogens with zero attached hydrogens (tertiary/aromatic N) is 1. The lowest BCUT2D eigenvalue weighted by Crippen LogP contribution is -2.29. The second-order valence-corrected chi connectivity index (χ2v) is 7.04. The first-order valence-corrected chi connectivity index (χ1v) is 9.85. The number of benzene rings is 3. The Hall–Kier alpha value is -3.44. The van der Waals surface area contributed by atoms with E-state index in [0.717, 1.165) is 40.8 Å². The van der Waals surface area contributed by atoms with Gasteiger partial charge in [-0.1, -0.05) is 54.6 Å². The van der Waals surface area contributed by atoms with E-state index >= 15 is 0 Å². The van der Waals surface area contributed by atoms with Crippen molar-refractivity contribution in [2.75, 3.05) is 6.54 Å². The van der Waals surface area contributed by atoms with Crippen molar-refractivity contribution < 1.29 is 4.79 Å². The summed E-state index contributed by atoms with van der Waals surface area (Å²) >= 11 is 0. The second-order valence-electron chi connectivity index (χ2n) is 7.04. The number of rotatable bonds is 7. The number of amides is 1. The highest BCUT2D eigenvalue weighted by atomic mass is 16.1. The van der Waals surface area contributed by atoms with Gasteiger partial charge in [-0.05, 0) is 54.8 Å². The Morgan fingerprint density at radius 2 is 1.62 bits per heavy atom. The SMILES string of the molecule is NCCCC(NC(=O)c1ccc(-c2ccccc2)cc1)c1nc2ccccc2[nH]1. The van der Waals surface area contributed by atoms with Crippen molar-refractivity contribution in [2.24, 2.45) is 5.73 Å². The highest BCUT2D eigenvalue weighted by molar-refractivity contribution is 5.95. The average molecular weight is 384 g/mol. The van der Waals surface area contributed by atoms with Gasteiger partial charge in [0.1, 0.15) is 5.82 Å². The quantitative estimate of drug-likeness (QED) is 0.440. The van der Waals surface area contributed by atoms with Gasteiger partial charge >= 0.3 is 0 Å². The third kappa shape index (κ3) is 4.36. The summed E-state index contributed by atoms with van der Waals surface area (Å²) in [5, 5.41) is 3.12. The van der Waals surface area contributed by atoms with Crippen LogP contribution in [-0.2, 0) is 0 Å². The minimum absolute atomic E-state index is 0.118.